The molecule has 11 unspecified atom stereocenters. The van der Waals surface area contributed by atoms with Crippen molar-refractivity contribution < 1.29 is 34.7 Å². The molecule has 13 heteroatoms. The minimum Gasteiger partial charge on any atom is -0.508 e. The zero-order valence-electron chi connectivity index (χ0n) is 55.7. The number of likely N-dealkylation sites (N-methyl/N-ethyl adjacent to an activating group) is 1. The quantitative estimate of drug-likeness (QED) is 0.0556. The lowest BCUT2D eigenvalue weighted by molar-refractivity contribution is -0.134. The summed E-state index contributed by atoms with van der Waals surface area (Å²) in [4.78, 5) is 21.1. The van der Waals surface area contributed by atoms with Crippen LogP contribution in [-0.4, -0.2) is 153 Å². The zero-order valence-corrected chi connectivity index (χ0v) is 55.7. The maximum absolute atomic E-state index is 12.7. The van der Waals surface area contributed by atoms with E-state index in [2.05, 4.69) is 88.8 Å². The van der Waals surface area contributed by atoms with Gasteiger partial charge in [-0.1, -0.05) is 107 Å². The summed E-state index contributed by atoms with van der Waals surface area (Å²) in [6, 6.07) is 33.2. The molecular formula is C73H116N6O7. The van der Waals surface area contributed by atoms with Crippen LogP contribution in [-0.2, 0) is 21.4 Å². The molecule has 1 amide bonds. The van der Waals surface area contributed by atoms with Gasteiger partial charge in [-0.25, -0.2) is 0 Å². The second-order valence-corrected chi connectivity index (χ2v) is 28.7. The average Bonchev–Trinajstić information content (AvgIpc) is 1.18. The van der Waals surface area contributed by atoms with Crippen LogP contribution in [0.1, 0.15) is 166 Å². The Hall–Kier alpha value is -4.57. The smallest absolute Gasteiger partial charge is 0.233 e. The van der Waals surface area contributed by atoms with E-state index in [9.17, 15) is 25.2 Å². The van der Waals surface area contributed by atoms with Crippen molar-refractivity contribution in [3.05, 3.63) is 125 Å². The highest BCUT2D eigenvalue weighted by Crippen LogP contribution is 2.65. The number of nitrogens with zero attached hydrogens (tertiary/aromatic N) is 4. The molecule has 4 bridgehead atoms. The largest absolute Gasteiger partial charge is 0.508 e. The number of aliphatic hydroxyl groups excluding tert-OH is 1. The van der Waals surface area contributed by atoms with Gasteiger partial charge in [-0.05, 0) is 233 Å². The molecule has 4 aromatic carbocycles. The Bertz CT molecular complexity index is 2650. The van der Waals surface area contributed by atoms with Crippen LogP contribution >= 0.6 is 0 Å². The molecule has 0 heterocycles. The van der Waals surface area contributed by atoms with Crippen molar-refractivity contribution in [2.45, 2.75) is 172 Å². The standard InChI is InChI=1S/C16H25NO3.C16H25NO2.C15H22N2O.C14H23NO.C12H21N/c1-17(2)11-13-7-8-14(18)10-16(13,19)12-5-4-6-15(9-12)20-3;1-17(2)12-14-7-4-5-10-16(14,18)13-8-6-9-15(11-13)19-3;1-3-17(4-2)14(18)15(10-13(15)11-16)12-8-6-5-7-9-12;1-5-14(11(2)10-15(3)4)12-7-6-8-13(16)9-12;1-10-3-9-4-11(2,6-10)8-12(13,5-9)7-10/h4-6,9,13-14,18-19H,7-8,10-11H2,1-3H3;6,8-9,11,14,18H,4-5,7,10,12H2,1-3H3;5-9,13H,3-4,10-11,16H2,1-2H3;6-9,11,14,16H,5,10H2,1-4H3;9H,3-8,13H2,1-2H3. The number of ether oxygens (including phenoxy) is 2. The lowest BCUT2D eigenvalue weighted by Gasteiger charge is -2.64. The molecule has 4 aromatic rings. The van der Waals surface area contributed by atoms with Crippen LogP contribution < -0.4 is 20.9 Å². The van der Waals surface area contributed by atoms with Crippen LogP contribution in [0.15, 0.2) is 103 Å². The second-order valence-electron chi connectivity index (χ2n) is 28.7. The molecule has 0 saturated heterocycles. The third-order valence-electron chi connectivity index (χ3n) is 20.3. The number of amides is 1. The van der Waals surface area contributed by atoms with E-state index in [0.717, 1.165) is 112 Å². The Labute approximate surface area is 520 Å². The van der Waals surface area contributed by atoms with Gasteiger partial charge >= 0.3 is 0 Å². The number of nitrogens with two attached hydrogens (primary N) is 2. The first-order valence-electron chi connectivity index (χ1n) is 32.7. The van der Waals surface area contributed by atoms with Crippen molar-refractivity contribution in [3.63, 3.8) is 0 Å². The van der Waals surface area contributed by atoms with Crippen LogP contribution in [0.4, 0.5) is 0 Å². The normalized spacial score (nSPS) is 31.1. The summed E-state index contributed by atoms with van der Waals surface area (Å²) in [7, 11) is 15.7. The third-order valence-corrected chi connectivity index (χ3v) is 20.3. The molecule has 480 valence electrons. The molecule has 0 aliphatic heterocycles. The van der Waals surface area contributed by atoms with Crippen LogP contribution in [0.2, 0.25) is 0 Å². The first-order valence-corrected chi connectivity index (χ1v) is 32.7. The van der Waals surface area contributed by atoms with E-state index in [1.54, 1.807) is 20.3 Å². The summed E-state index contributed by atoms with van der Waals surface area (Å²) in [5.41, 5.74) is 15.9. The molecule has 86 heavy (non-hydrogen) atoms. The fourth-order valence-corrected chi connectivity index (χ4v) is 17.2. The summed E-state index contributed by atoms with van der Waals surface area (Å²) in [6.45, 7) is 18.4. The molecule has 0 spiro atoms. The molecule has 8 N–H and O–H groups in total. The SMILES string of the molecule is CC12CC3CC(C)(C1)CC(N)(C3)C2.CCC(c1cccc(O)c1)C(C)CN(C)C.CCN(CC)C(=O)C1(c2ccccc2)CC1CN.COc1cccc(C2(O)CC(O)CCC2CN(C)C)c1.COc1cccc(C2(O)CCCCC2CN(C)C)c1. The molecule has 11 rings (SSSR count). The Kier molecular flexibility index (Phi) is 25.2. The maximum atomic E-state index is 12.7. The van der Waals surface area contributed by atoms with Crippen LogP contribution in [0.3, 0.4) is 0 Å². The number of hydrogen-bond donors (Lipinski definition) is 6. The van der Waals surface area contributed by atoms with E-state index in [-0.39, 0.29) is 22.8 Å². The molecule has 0 radical (unpaired) electrons. The van der Waals surface area contributed by atoms with Crippen molar-refractivity contribution in [1.82, 2.24) is 19.6 Å². The van der Waals surface area contributed by atoms with Gasteiger partial charge in [0.15, 0.2) is 0 Å². The third kappa shape index (κ3) is 17.9. The molecule has 7 aliphatic carbocycles. The number of aromatic hydroxyl groups is 1. The molecule has 11 atom stereocenters. The monoisotopic (exact) mass is 1190 g/mol. The Balaban J connectivity index is 0.000000173. The van der Waals surface area contributed by atoms with Gasteiger partial charge in [0.05, 0.1) is 36.9 Å². The number of phenols is 1. The Morgan fingerprint density at radius 1 is 0.640 bits per heavy atom. The fourth-order valence-electron chi connectivity index (χ4n) is 17.2. The predicted molar refractivity (Wildman–Crippen MR) is 353 cm³/mol. The molecule has 13 nitrogen and oxygen atoms in total. The van der Waals surface area contributed by atoms with E-state index in [1.807, 2.05) is 112 Å². The minimum atomic E-state index is -0.990. The Morgan fingerprint density at radius 3 is 1.66 bits per heavy atom. The number of benzene rings is 4. The first kappa shape index (κ1) is 70.5. The number of carbonyl (C=O) groups is 1. The van der Waals surface area contributed by atoms with E-state index in [0.29, 0.717) is 53.2 Å². The van der Waals surface area contributed by atoms with Crippen molar-refractivity contribution in [2.75, 3.05) is 95.8 Å². The number of hydrogen-bond acceptors (Lipinski definition) is 12. The van der Waals surface area contributed by atoms with Crippen molar-refractivity contribution in [2.24, 2.45) is 51.9 Å². The van der Waals surface area contributed by atoms with Crippen molar-refractivity contribution in [1.29, 1.82) is 0 Å². The molecule has 7 aliphatic rings. The topological polar surface area (TPSA) is 181 Å². The minimum absolute atomic E-state index is 0.119. The maximum Gasteiger partial charge on any atom is 0.233 e. The molecule has 0 aromatic heterocycles. The summed E-state index contributed by atoms with van der Waals surface area (Å²) in [5, 5.41) is 41.9. The van der Waals surface area contributed by atoms with Crippen LogP contribution in [0.5, 0.6) is 17.2 Å². The molecule has 7 fully saturated rings. The number of rotatable bonds is 18. The number of aliphatic hydroxyl groups is 3. The first-order chi connectivity index (χ1) is 40.7. The van der Waals surface area contributed by atoms with Gasteiger partial charge in [0.2, 0.25) is 5.91 Å². The second kappa shape index (κ2) is 30.8. The van der Waals surface area contributed by atoms with Gasteiger partial charge in [0.1, 0.15) is 17.2 Å². The lowest BCUT2D eigenvalue weighted by Crippen LogP contribution is -2.62. The average molecular weight is 1190 g/mol. The van der Waals surface area contributed by atoms with Gasteiger partial charge < -0.3 is 61.0 Å². The van der Waals surface area contributed by atoms with Crippen LogP contribution in [0, 0.1) is 40.4 Å². The Morgan fingerprint density at radius 2 is 1.19 bits per heavy atom. The highest BCUT2D eigenvalue weighted by molar-refractivity contribution is 5.92. The number of phenolic OH excluding ortho intramolecular Hbond substituents is 1. The highest BCUT2D eigenvalue weighted by Gasteiger charge is 2.61. The van der Waals surface area contributed by atoms with Crippen LogP contribution in [0.25, 0.3) is 0 Å². The van der Waals surface area contributed by atoms with E-state index in [1.165, 1.54) is 50.5 Å². The predicted octanol–water partition coefficient (Wildman–Crippen LogP) is 11.8. The summed E-state index contributed by atoms with van der Waals surface area (Å²) >= 11 is 0. The van der Waals surface area contributed by atoms with Gasteiger partial charge in [0.25, 0.3) is 0 Å². The van der Waals surface area contributed by atoms with Gasteiger partial charge in [-0.3, -0.25) is 4.79 Å². The molecular weight excluding hydrogens is 1070 g/mol. The van der Waals surface area contributed by atoms with Gasteiger partial charge in [-0.2, -0.15) is 0 Å². The summed E-state index contributed by atoms with van der Waals surface area (Å²) in [6.07, 6.45) is 16.0. The van der Waals surface area contributed by atoms with E-state index >= 15 is 0 Å². The summed E-state index contributed by atoms with van der Waals surface area (Å²) < 4.78 is 10.5. The zero-order chi connectivity index (χ0) is 63.3. The number of carbonyl (C=O) groups excluding carboxylic acids is 1. The van der Waals surface area contributed by atoms with Crippen molar-refractivity contribution >= 4 is 5.91 Å². The van der Waals surface area contributed by atoms with E-state index < -0.39 is 17.3 Å². The molecule has 7 saturated carbocycles. The fraction of sp³-hybridized carbons (Fsp3) is 0.658. The lowest BCUT2D eigenvalue weighted by atomic mass is 9.43. The highest BCUT2D eigenvalue weighted by atomic mass is 16.5. The van der Waals surface area contributed by atoms with Gasteiger partial charge in [-0.15, -0.1) is 0 Å². The van der Waals surface area contributed by atoms with E-state index in [4.69, 9.17) is 20.9 Å². The van der Waals surface area contributed by atoms with Crippen molar-refractivity contribution in [3.8, 4) is 17.2 Å². The van der Waals surface area contributed by atoms with Gasteiger partial charge in [0, 0.05) is 56.5 Å². The summed E-state index contributed by atoms with van der Waals surface area (Å²) in [5.74, 6) is 4.96. The number of methoxy groups -OCH3 is 2.